The van der Waals surface area contributed by atoms with E-state index in [1.807, 2.05) is 24.3 Å². The van der Waals surface area contributed by atoms with Crippen LogP contribution in [0.3, 0.4) is 0 Å². The summed E-state index contributed by atoms with van der Waals surface area (Å²) < 4.78 is 5.12. The summed E-state index contributed by atoms with van der Waals surface area (Å²) in [5.74, 6) is 0.636. The van der Waals surface area contributed by atoms with Gasteiger partial charge in [0.2, 0.25) is 0 Å². The largest absolute Gasteiger partial charge is 0.496 e. The van der Waals surface area contributed by atoms with Gasteiger partial charge in [0.15, 0.2) is 5.78 Å². The Kier molecular flexibility index (Phi) is 3.68. The summed E-state index contributed by atoms with van der Waals surface area (Å²) in [6.45, 7) is 3.38. The fourth-order valence-electron chi connectivity index (χ4n) is 1.04. The van der Waals surface area contributed by atoms with E-state index < -0.39 is 0 Å². The molecule has 2 nitrogen and oxygen atoms in total. The Labute approximate surface area is 83.5 Å². The average molecular weight is 188 g/mol. The van der Waals surface area contributed by atoms with Crippen molar-refractivity contribution >= 4 is 11.9 Å². The molecule has 0 unspecified atom stereocenters. The molecule has 0 aromatic heterocycles. The van der Waals surface area contributed by atoms with Crippen molar-refractivity contribution in [2.75, 3.05) is 7.11 Å². The minimum atomic E-state index is -0.115. The van der Waals surface area contributed by atoms with Gasteiger partial charge in [-0.1, -0.05) is 24.8 Å². The van der Waals surface area contributed by atoms with E-state index in [0.717, 1.165) is 11.3 Å². The van der Waals surface area contributed by atoms with Crippen LogP contribution in [-0.2, 0) is 4.79 Å². The number of ether oxygens (including phenoxy) is 1. The van der Waals surface area contributed by atoms with Crippen molar-refractivity contribution < 1.29 is 9.53 Å². The van der Waals surface area contributed by atoms with Crippen LogP contribution in [0.2, 0.25) is 0 Å². The molecule has 14 heavy (non-hydrogen) atoms. The fraction of sp³-hybridized carbons (Fsp3) is 0.0833. The first kappa shape index (κ1) is 10.3. The topological polar surface area (TPSA) is 26.3 Å². The molecule has 0 spiro atoms. The van der Waals surface area contributed by atoms with E-state index in [0.29, 0.717) is 0 Å². The first-order valence-corrected chi connectivity index (χ1v) is 4.25. The van der Waals surface area contributed by atoms with Crippen molar-refractivity contribution in [2.24, 2.45) is 0 Å². The third-order valence-corrected chi connectivity index (χ3v) is 1.77. The smallest absolute Gasteiger partial charge is 0.178 e. The first-order chi connectivity index (χ1) is 6.77. The molecule has 72 valence electrons. The molecule has 0 bridgehead atoms. The van der Waals surface area contributed by atoms with E-state index in [4.69, 9.17) is 4.74 Å². The van der Waals surface area contributed by atoms with E-state index in [1.165, 1.54) is 12.2 Å². The Morgan fingerprint density at radius 1 is 1.43 bits per heavy atom. The van der Waals surface area contributed by atoms with Gasteiger partial charge in [-0.05, 0) is 24.3 Å². The Bertz CT molecular complexity index is 364. The van der Waals surface area contributed by atoms with Crippen molar-refractivity contribution in [3.8, 4) is 5.75 Å². The molecule has 0 N–H and O–H groups in total. The van der Waals surface area contributed by atoms with Crippen molar-refractivity contribution in [1.82, 2.24) is 0 Å². The number of rotatable bonds is 4. The number of para-hydroxylation sites is 1. The van der Waals surface area contributed by atoms with Crippen LogP contribution >= 0.6 is 0 Å². The van der Waals surface area contributed by atoms with Gasteiger partial charge < -0.3 is 4.74 Å². The zero-order valence-corrected chi connectivity index (χ0v) is 8.07. The molecule has 0 fully saturated rings. The summed E-state index contributed by atoms with van der Waals surface area (Å²) >= 11 is 0. The second-order valence-corrected chi connectivity index (χ2v) is 2.68. The fourth-order valence-corrected chi connectivity index (χ4v) is 1.04. The molecular formula is C12H12O2. The summed E-state index contributed by atoms with van der Waals surface area (Å²) in [5, 5.41) is 0. The first-order valence-electron chi connectivity index (χ1n) is 4.25. The van der Waals surface area contributed by atoms with E-state index in [2.05, 4.69) is 6.58 Å². The molecule has 0 amide bonds. The molecule has 0 radical (unpaired) electrons. The van der Waals surface area contributed by atoms with Crippen LogP contribution in [-0.4, -0.2) is 12.9 Å². The number of ketones is 1. The van der Waals surface area contributed by atoms with Crippen LogP contribution in [0.15, 0.2) is 43.0 Å². The van der Waals surface area contributed by atoms with Crippen LogP contribution in [0.1, 0.15) is 5.56 Å². The molecule has 0 heterocycles. The third-order valence-electron chi connectivity index (χ3n) is 1.77. The highest BCUT2D eigenvalue weighted by molar-refractivity contribution is 6.01. The SMILES string of the molecule is C=CC(=O)/C=C/c1ccccc1OC. The Balaban J connectivity index is 2.90. The molecular weight excluding hydrogens is 176 g/mol. The highest BCUT2D eigenvalue weighted by Gasteiger charge is 1.96. The number of hydrogen-bond acceptors (Lipinski definition) is 2. The number of methoxy groups -OCH3 is 1. The summed E-state index contributed by atoms with van der Waals surface area (Å²) in [6, 6.07) is 7.50. The summed E-state index contributed by atoms with van der Waals surface area (Å²) in [6.07, 6.45) is 4.44. The molecule has 0 aliphatic carbocycles. The normalized spacial score (nSPS) is 10.1. The molecule has 0 saturated carbocycles. The standard InChI is InChI=1S/C12H12O2/c1-3-11(13)9-8-10-6-4-5-7-12(10)14-2/h3-9H,1H2,2H3/b9-8+. The molecule has 2 heteroatoms. The van der Waals surface area contributed by atoms with E-state index >= 15 is 0 Å². The summed E-state index contributed by atoms with van der Waals surface area (Å²) in [7, 11) is 1.60. The minimum absolute atomic E-state index is 0.115. The number of carbonyl (C=O) groups is 1. The number of hydrogen-bond donors (Lipinski definition) is 0. The van der Waals surface area contributed by atoms with Gasteiger partial charge in [-0.15, -0.1) is 0 Å². The van der Waals surface area contributed by atoms with Gasteiger partial charge in [0, 0.05) is 5.56 Å². The van der Waals surface area contributed by atoms with Crippen molar-refractivity contribution in [2.45, 2.75) is 0 Å². The summed E-state index contributed by atoms with van der Waals surface area (Å²) in [4.78, 5) is 10.9. The Morgan fingerprint density at radius 3 is 2.79 bits per heavy atom. The van der Waals surface area contributed by atoms with Crippen LogP contribution in [0.4, 0.5) is 0 Å². The maximum Gasteiger partial charge on any atom is 0.178 e. The second kappa shape index (κ2) is 5.02. The van der Waals surface area contributed by atoms with Gasteiger partial charge in [0.1, 0.15) is 5.75 Å². The number of benzene rings is 1. The maximum atomic E-state index is 10.9. The Morgan fingerprint density at radius 2 is 2.14 bits per heavy atom. The van der Waals surface area contributed by atoms with Crippen molar-refractivity contribution in [1.29, 1.82) is 0 Å². The molecule has 0 saturated heterocycles. The monoisotopic (exact) mass is 188 g/mol. The maximum absolute atomic E-state index is 10.9. The molecule has 0 atom stereocenters. The minimum Gasteiger partial charge on any atom is -0.496 e. The Hall–Kier alpha value is -1.83. The van der Waals surface area contributed by atoms with Gasteiger partial charge in [-0.25, -0.2) is 0 Å². The third kappa shape index (κ3) is 2.59. The summed E-state index contributed by atoms with van der Waals surface area (Å²) in [5.41, 5.74) is 0.880. The van der Waals surface area contributed by atoms with Crippen molar-refractivity contribution in [3.05, 3.63) is 48.6 Å². The predicted octanol–water partition coefficient (Wildman–Crippen LogP) is 2.46. The zero-order valence-electron chi connectivity index (χ0n) is 8.07. The average Bonchev–Trinajstić information content (AvgIpc) is 2.26. The highest BCUT2D eigenvalue weighted by atomic mass is 16.5. The molecule has 1 aromatic carbocycles. The van der Waals surface area contributed by atoms with Gasteiger partial charge >= 0.3 is 0 Å². The van der Waals surface area contributed by atoms with Crippen molar-refractivity contribution in [3.63, 3.8) is 0 Å². The van der Waals surface area contributed by atoms with E-state index in [1.54, 1.807) is 13.2 Å². The number of carbonyl (C=O) groups excluding carboxylic acids is 1. The molecule has 0 aliphatic heterocycles. The zero-order chi connectivity index (χ0) is 10.4. The van der Waals surface area contributed by atoms with E-state index in [-0.39, 0.29) is 5.78 Å². The number of allylic oxidation sites excluding steroid dienone is 2. The lowest BCUT2D eigenvalue weighted by Gasteiger charge is -2.02. The molecule has 1 rings (SSSR count). The molecule has 0 aliphatic rings. The predicted molar refractivity (Wildman–Crippen MR) is 57.2 cm³/mol. The molecule has 1 aromatic rings. The van der Waals surface area contributed by atoms with Gasteiger partial charge in [-0.3, -0.25) is 4.79 Å². The van der Waals surface area contributed by atoms with Crippen LogP contribution < -0.4 is 4.74 Å². The quantitative estimate of drug-likeness (QED) is 0.678. The van der Waals surface area contributed by atoms with Gasteiger partial charge in [0.05, 0.1) is 7.11 Å². The van der Waals surface area contributed by atoms with Crippen LogP contribution in [0.5, 0.6) is 5.75 Å². The van der Waals surface area contributed by atoms with Crippen LogP contribution in [0.25, 0.3) is 6.08 Å². The highest BCUT2D eigenvalue weighted by Crippen LogP contribution is 2.18. The lowest BCUT2D eigenvalue weighted by atomic mass is 10.1. The second-order valence-electron chi connectivity index (χ2n) is 2.68. The van der Waals surface area contributed by atoms with Crippen LogP contribution in [0, 0.1) is 0 Å². The lowest BCUT2D eigenvalue weighted by Crippen LogP contribution is -1.87. The lowest BCUT2D eigenvalue weighted by molar-refractivity contribution is -0.110. The van der Waals surface area contributed by atoms with Gasteiger partial charge in [0.25, 0.3) is 0 Å². The van der Waals surface area contributed by atoms with E-state index in [9.17, 15) is 4.79 Å². The van der Waals surface area contributed by atoms with Gasteiger partial charge in [-0.2, -0.15) is 0 Å².